The number of halogens is 2. The number of rotatable bonds is 4. The molecule has 3 rings (SSSR count). The molecule has 0 aliphatic carbocycles. The molecule has 5 heteroatoms. The van der Waals surface area contributed by atoms with E-state index < -0.39 is 0 Å². The zero-order chi connectivity index (χ0) is 14.8. The molecule has 0 saturated carbocycles. The third kappa shape index (κ3) is 3.67. The summed E-state index contributed by atoms with van der Waals surface area (Å²) in [7, 11) is 0. The van der Waals surface area contributed by atoms with E-state index in [2.05, 4.69) is 25.7 Å². The second kappa shape index (κ2) is 6.78. The molecule has 21 heavy (non-hydrogen) atoms. The van der Waals surface area contributed by atoms with Gasteiger partial charge in [0.15, 0.2) is 5.78 Å². The minimum absolute atomic E-state index is 0.140. The van der Waals surface area contributed by atoms with Gasteiger partial charge in [-0.15, -0.1) is 0 Å². The first kappa shape index (κ1) is 15.5. The molecule has 2 aliphatic heterocycles. The van der Waals surface area contributed by atoms with Crippen LogP contribution in [0.4, 0.5) is 0 Å². The van der Waals surface area contributed by atoms with E-state index in [0.717, 1.165) is 30.7 Å². The summed E-state index contributed by atoms with van der Waals surface area (Å²) in [6.07, 6.45) is 3.18. The Hall–Kier alpha value is -0.420. The van der Waals surface area contributed by atoms with Crippen LogP contribution in [0.5, 0.6) is 0 Å². The van der Waals surface area contributed by atoms with Crippen LogP contribution in [0.1, 0.15) is 29.6 Å². The maximum atomic E-state index is 12.3. The second-order valence-electron chi connectivity index (χ2n) is 5.93. The average Bonchev–Trinajstić information content (AvgIpc) is 2.92. The minimum Gasteiger partial charge on any atom is -0.300 e. The van der Waals surface area contributed by atoms with Crippen molar-refractivity contribution in [1.82, 2.24) is 9.80 Å². The van der Waals surface area contributed by atoms with Crippen LogP contribution in [-0.2, 0) is 0 Å². The van der Waals surface area contributed by atoms with Gasteiger partial charge >= 0.3 is 0 Å². The first-order valence-electron chi connectivity index (χ1n) is 7.58. The monoisotopic (exact) mass is 370 g/mol. The van der Waals surface area contributed by atoms with Crippen molar-refractivity contribution in [3.8, 4) is 0 Å². The van der Waals surface area contributed by atoms with Crippen LogP contribution in [-0.4, -0.2) is 54.3 Å². The normalized spacial score (nSPS) is 23.2. The first-order valence-corrected chi connectivity index (χ1v) is 8.75. The Morgan fingerprint density at radius 3 is 3.00 bits per heavy atom. The van der Waals surface area contributed by atoms with Gasteiger partial charge < -0.3 is 4.90 Å². The number of carbonyl (C=O) groups excluding carboxylic acids is 1. The number of hydrogen-bond acceptors (Lipinski definition) is 3. The van der Waals surface area contributed by atoms with Gasteiger partial charge in [-0.05, 0) is 37.6 Å². The number of nitrogens with zero attached hydrogens (tertiary/aromatic N) is 2. The van der Waals surface area contributed by atoms with Gasteiger partial charge in [0.2, 0.25) is 0 Å². The van der Waals surface area contributed by atoms with Crippen LogP contribution in [0, 0.1) is 0 Å². The molecule has 2 heterocycles. The molecule has 3 nitrogen and oxygen atoms in total. The van der Waals surface area contributed by atoms with Gasteiger partial charge in [0, 0.05) is 48.7 Å². The molecule has 0 radical (unpaired) electrons. The van der Waals surface area contributed by atoms with Crippen molar-refractivity contribution in [2.75, 3.05) is 32.7 Å². The summed E-state index contributed by atoms with van der Waals surface area (Å²) >= 11 is 9.51. The third-order valence-corrected chi connectivity index (χ3v) is 5.36. The molecule has 0 bridgehead atoms. The highest BCUT2D eigenvalue weighted by Crippen LogP contribution is 2.24. The summed E-state index contributed by atoms with van der Waals surface area (Å²) in [5, 5.41) is 0.537. The van der Waals surface area contributed by atoms with E-state index in [-0.39, 0.29) is 5.78 Å². The zero-order valence-electron chi connectivity index (χ0n) is 12.0. The molecular weight excluding hydrogens is 352 g/mol. The second-order valence-corrected chi connectivity index (χ2v) is 7.25. The fourth-order valence-electron chi connectivity index (χ4n) is 3.37. The lowest BCUT2D eigenvalue weighted by Crippen LogP contribution is -2.50. The summed E-state index contributed by atoms with van der Waals surface area (Å²) in [4.78, 5) is 17.3. The average molecular weight is 372 g/mol. The Morgan fingerprint density at radius 1 is 1.33 bits per heavy atom. The van der Waals surface area contributed by atoms with E-state index in [0.29, 0.717) is 23.0 Å². The lowest BCUT2D eigenvalue weighted by atomic mass is 10.1. The lowest BCUT2D eigenvalue weighted by Gasteiger charge is -2.37. The fourth-order valence-corrected chi connectivity index (χ4v) is 4.15. The molecule has 1 aromatic carbocycles. The highest BCUT2D eigenvalue weighted by Gasteiger charge is 2.30. The molecule has 0 aromatic heterocycles. The van der Waals surface area contributed by atoms with E-state index in [9.17, 15) is 4.79 Å². The maximum absolute atomic E-state index is 12.3. The molecule has 0 amide bonds. The lowest BCUT2D eigenvalue weighted by molar-refractivity contribution is 0.0871. The summed E-state index contributed by atoms with van der Waals surface area (Å²) in [6, 6.07) is 6.18. The summed E-state index contributed by atoms with van der Waals surface area (Å²) in [6.45, 7) is 5.44. The molecule has 1 atom stereocenters. The molecule has 1 unspecified atom stereocenters. The largest absolute Gasteiger partial charge is 0.300 e. The standard InChI is InChI=1S/C16H20BrClN2O/c17-12-3-4-14(15(18)10-12)16(21)5-7-19-8-9-20-6-1-2-13(20)11-19/h3-4,10,13H,1-2,5-9,11H2. The van der Waals surface area contributed by atoms with Gasteiger partial charge in [-0.1, -0.05) is 27.5 Å². The molecule has 2 saturated heterocycles. The molecule has 0 N–H and O–H groups in total. The Labute approximate surface area is 139 Å². The first-order chi connectivity index (χ1) is 10.1. The SMILES string of the molecule is O=C(CCN1CCN2CCCC2C1)c1ccc(Br)cc1Cl. The van der Waals surface area contributed by atoms with E-state index >= 15 is 0 Å². The van der Waals surface area contributed by atoms with Gasteiger partial charge in [-0.2, -0.15) is 0 Å². The van der Waals surface area contributed by atoms with Crippen LogP contribution in [0.25, 0.3) is 0 Å². The van der Waals surface area contributed by atoms with Crippen molar-refractivity contribution < 1.29 is 4.79 Å². The van der Waals surface area contributed by atoms with E-state index in [1.165, 1.54) is 19.4 Å². The Kier molecular flexibility index (Phi) is 4.99. The van der Waals surface area contributed by atoms with Crippen molar-refractivity contribution in [3.63, 3.8) is 0 Å². The van der Waals surface area contributed by atoms with Crippen LogP contribution < -0.4 is 0 Å². The Balaban J connectivity index is 1.54. The maximum Gasteiger partial charge on any atom is 0.165 e. The third-order valence-electron chi connectivity index (χ3n) is 4.56. The molecule has 2 fully saturated rings. The highest BCUT2D eigenvalue weighted by atomic mass is 79.9. The van der Waals surface area contributed by atoms with Crippen LogP contribution >= 0.6 is 27.5 Å². The van der Waals surface area contributed by atoms with Crippen LogP contribution in [0.3, 0.4) is 0 Å². The number of benzene rings is 1. The van der Waals surface area contributed by atoms with Crippen molar-refractivity contribution in [2.45, 2.75) is 25.3 Å². The molecular formula is C16H20BrClN2O. The van der Waals surface area contributed by atoms with Crippen LogP contribution in [0.2, 0.25) is 5.02 Å². The van der Waals surface area contributed by atoms with Crippen molar-refractivity contribution >= 4 is 33.3 Å². The quantitative estimate of drug-likeness (QED) is 0.757. The summed E-state index contributed by atoms with van der Waals surface area (Å²) in [5.74, 6) is 0.140. The fraction of sp³-hybridized carbons (Fsp3) is 0.562. The van der Waals surface area contributed by atoms with E-state index in [4.69, 9.17) is 11.6 Å². The number of Topliss-reactive ketones (excluding diaryl/α,β-unsaturated/α-hetero) is 1. The van der Waals surface area contributed by atoms with Gasteiger partial charge in [0.25, 0.3) is 0 Å². The predicted octanol–water partition coefficient (Wildman–Crippen LogP) is 3.46. The van der Waals surface area contributed by atoms with Gasteiger partial charge in [-0.3, -0.25) is 9.69 Å². The van der Waals surface area contributed by atoms with Gasteiger partial charge in [-0.25, -0.2) is 0 Å². The topological polar surface area (TPSA) is 23.6 Å². The molecule has 2 aliphatic rings. The number of piperazine rings is 1. The van der Waals surface area contributed by atoms with Gasteiger partial charge in [0.05, 0.1) is 5.02 Å². The molecule has 0 spiro atoms. The van der Waals surface area contributed by atoms with Crippen molar-refractivity contribution in [1.29, 1.82) is 0 Å². The zero-order valence-corrected chi connectivity index (χ0v) is 14.4. The predicted molar refractivity (Wildman–Crippen MR) is 89.1 cm³/mol. The Bertz CT molecular complexity index is 537. The van der Waals surface area contributed by atoms with Crippen molar-refractivity contribution in [2.24, 2.45) is 0 Å². The number of hydrogen-bond donors (Lipinski definition) is 0. The van der Waals surface area contributed by atoms with Crippen LogP contribution in [0.15, 0.2) is 22.7 Å². The number of ketones is 1. The molecule has 1 aromatic rings. The minimum atomic E-state index is 0.140. The molecule has 114 valence electrons. The van der Waals surface area contributed by atoms with Gasteiger partial charge in [0.1, 0.15) is 0 Å². The number of carbonyl (C=O) groups is 1. The summed E-state index contributed by atoms with van der Waals surface area (Å²) < 4.78 is 0.904. The van der Waals surface area contributed by atoms with E-state index in [1.54, 1.807) is 6.07 Å². The smallest absolute Gasteiger partial charge is 0.165 e. The number of fused-ring (bicyclic) bond motifs is 1. The highest BCUT2D eigenvalue weighted by molar-refractivity contribution is 9.10. The Morgan fingerprint density at radius 2 is 2.19 bits per heavy atom. The summed E-state index contributed by atoms with van der Waals surface area (Å²) in [5.41, 5.74) is 0.638. The van der Waals surface area contributed by atoms with Crippen molar-refractivity contribution in [3.05, 3.63) is 33.3 Å². The van der Waals surface area contributed by atoms with E-state index in [1.807, 2.05) is 12.1 Å².